The third-order valence-corrected chi connectivity index (χ3v) is 3.69. The molecule has 0 aliphatic rings. The zero-order valence-electron chi connectivity index (χ0n) is 13.0. The lowest BCUT2D eigenvalue weighted by atomic mass is 10.0. The van der Waals surface area contributed by atoms with Gasteiger partial charge in [0.2, 0.25) is 0 Å². The molecule has 0 heterocycles. The monoisotopic (exact) mass is 299 g/mol. The predicted molar refractivity (Wildman–Crippen MR) is 92.1 cm³/mol. The Labute approximate surface area is 136 Å². The zero-order valence-corrected chi connectivity index (χ0v) is 13.0. The molecule has 3 aromatic carbocycles. The standard InChI is InChI=1S/C21H17NO/c1-16-6-5-9-18(12-16)19-10-11-21(20(13-19)14-22)23-15-17-7-3-2-4-8-17/h2-13H,15H2,1H3. The summed E-state index contributed by atoms with van der Waals surface area (Å²) in [5, 5.41) is 9.41. The first-order valence-electron chi connectivity index (χ1n) is 7.54. The Kier molecular flexibility index (Phi) is 4.40. The van der Waals surface area contributed by atoms with Crippen LogP contribution >= 0.6 is 0 Å². The van der Waals surface area contributed by atoms with Gasteiger partial charge in [-0.2, -0.15) is 5.26 Å². The smallest absolute Gasteiger partial charge is 0.137 e. The number of hydrogen-bond acceptors (Lipinski definition) is 2. The molecular weight excluding hydrogens is 282 g/mol. The van der Waals surface area contributed by atoms with Crippen LogP contribution in [0.5, 0.6) is 5.75 Å². The predicted octanol–water partition coefficient (Wildman–Crippen LogP) is 5.11. The second kappa shape index (κ2) is 6.81. The van der Waals surface area contributed by atoms with Gasteiger partial charge in [0.05, 0.1) is 5.56 Å². The maximum Gasteiger partial charge on any atom is 0.137 e. The normalized spacial score (nSPS) is 10.1. The van der Waals surface area contributed by atoms with Crippen LogP contribution in [0.25, 0.3) is 11.1 Å². The van der Waals surface area contributed by atoms with Crippen LogP contribution in [0.2, 0.25) is 0 Å². The van der Waals surface area contributed by atoms with E-state index in [0.29, 0.717) is 17.9 Å². The van der Waals surface area contributed by atoms with Crippen molar-refractivity contribution in [1.82, 2.24) is 0 Å². The van der Waals surface area contributed by atoms with E-state index in [2.05, 4.69) is 25.1 Å². The number of nitriles is 1. The van der Waals surface area contributed by atoms with E-state index in [1.54, 1.807) is 0 Å². The largest absolute Gasteiger partial charge is 0.488 e. The highest BCUT2D eigenvalue weighted by Gasteiger charge is 2.07. The molecule has 2 heteroatoms. The summed E-state index contributed by atoms with van der Waals surface area (Å²) in [5.41, 5.74) is 4.97. The Bertz CT molecular complexity index is 847. The molecule has 112 valence electrons. The molecule has 3 aromatic rings. The van der Waals surface area contributed by atoms with Gasteiger partial charge in [-0.15, -0.1) is 0 Å². The Morgan fingerprint density at radius 3 is 2.39 bits per heavy atom. The number of ether oxygens (including phenoxy) is 1. The summed E-state index contributed by atoms with van der Waals surface area (Å²) in [6.07, 6.45) is 0. The van der Waals surface area contributed by atoms with E-state index >= 15 is 0 Å². The molecular formula is C21H17NO. The van der Waals surface area contributed by atoms with E-state index in [1.165, 1.54) is 5.56 Å². The van der Waals surface area contributed by atoms with Gasteiger partial charge >= 0.3 is 0 Å². The van der Waals surface area contributed by atoms with Crippen molar-refractivity contribution in [2.45, 2.75) is 13.5 Å². The number of nitrogens with zero attached hydrogens (tertiary/aromatic N) is 1. The second-order valence-electron chi connectivity index (χ2n) is 5.47. The fraction of sp³-hybridized carbons (Fsp3) is 0.0952. The molecule has 0 aliphatic heterocycles. The first-order valence-corrected chi connectivity index (χ1v) is 7.54. The van der Waals surface area contributed by atoms with Crippen LogP contribution in [-0.4, -0.2) is 0 Å². The van der Waals surface area contributed by atoms with Gasteiger partial charge in [-0.25, -0.2) is 0 Å². The maximum absolute atomic E-state index is 9.41. The first-order chi connectivity index (χ1) is 11.3. The van der Waals surface area contributed by atoms with Gasteiger partial charge in [0.15, 0.2) is 0 Å². The molecule has 0 aromatic heterocycles. The van der Waals surface area contributed by atoms with Crippen molar-refractivity contribution in [2.24, 2.45) is 0 Å². The van der Waals surface area contributed by atoms with Crippen molar-refractivity contribution in [3.8, 4) is 22.9 Å². The van der Waals surface area contributed by atoms with Crippen LogP contribution in [-0.2, 0) is 6.61 Å². The zero-order chi connectivity index (χ0) is 16.1. The molecule has 2 nitrogen and oxygen atoms in total. The van der Waals surface area contributed by atoms with E-state index in [-0.39, 0.29) is 0 Å². The molecule has 3 rings (SSSR count). The molecule has 0 saturated heterocycles. The number of hydrogen-bond donors (Lipinski definition) is 0. The van der Waals surface area contributed by atoms with E-state index in [0.717, 1.165) is 16.7 Å². The van der Waals surface area contributed by atoms with E-state index in [4.69, 9.17) is 4.74 Å². The summed E-state index contributed by atoms with van der Waals surface area (Å²) >= 11 is 0. The van der Waals surface area contributed by atoms with Crippen LogP contribution in [0.3, 0.4) is 0 Å². The second-order valence-corrected chi connectivity index (χ2v) is 5.47. The lowest BCUT2D eigenvalue weighted by Crippen LogP contribution is -1.97. The van der Waals surface area contributed by atoms with Crippen molar-refractivity contribution in [3.63, 3.8) is 0 Å². The van der Waals surface area contributed by atoms with Crippen LogP contribution in [0.15, 0.2) is 72.8 Å². The Morgan fingerprint density at radius 2 is 1.65 bits per heavy atom. The Morgan fingerprint density at radius 1 is 0.870 bits per heavy atom. The summed E-state index contributed by atoms with van der Waals surface area (Å²) in [5.74, 6) is 0.618. The third-order valence-electron chi connectivity index (χ3n) is 3.69. The van der Waals surface area contributed by atoms with Gasteiger partial charge in [0.1, 0.15) is 18.4 Å². The number of aryl methyl sites for hydroxylation is 1. The average molecular weight is 299 g/mol. The molecule has 0 saturated carbocycles. The lowest BCUT2D eigenvalue weighted by molar-refractivity contribution is 0.305. The van der Waals surface area contributed by atoms with Gasteiger partial charge in [-0.1, -0.05) is 66.2 Å². The van der Waals surface area contributed by atoms with Crippen LogP contribution in [0.1, 0.15) is 16.7 Å². The highest BCUT2D eigenvalue weighted by atomic mass is 16.5. The number of benzene rings is 3. The van der Waals surface area contributed by atoms with E-state index < -0.39 is 0 Å². The summed E-state index contributed by atoms with van der Waals surface area (Å²) in [6, 6.07) is 26.2. The molecule has 0 radical (unpaired) electrons. The SMILES string of the molecule is Cc1cccc(-c2ccc(OCc3ccccc3)c(C#N)c2)c1. The lowest BCUT2D eigenvalue weighted by Gasteiger charge is -2.10. The van der Waals surface area contributed by atoms with Crippen molar-refractivity contribution in [3.05, 3.63) is 89.5 Å². The first kappa shape index (κ1) is 14.9. The molecule has 0 unspecified atom stereocenters. The minimum atomic E-state index is 0.458. The van der Waals surface area contributed by atoms with E-state index in [9.17, 15) is 5.26 Å². The molecule has 0 aliphatic carbocycles. The molecule has 0 spiro atoms. The minimum Gasteiger partial charge on any atom is -0.488 e. The van der Waals surface area contributed by atoms with E-state index in [1.807, 2.05) is 60.7 Å². The fourth-order valence-corrected chi connectivity index (χ4v) is 2.48. The molecule has 0 amide bonds. The van der Waals surface area contributed by atoms with Gasteiger partial charge < -0.3 is 4.74 Å². The van der Waals surface area contributed by atoms with Crippen LogP contribution < -0.4 is 4.74 Å². The van der Waals surface area contributed by atoms with Crippen molar-refractivity contribution in [1.29, 1.82) is 5.26 Å². The molecule has 0 fully saturated rings. The molecule has 23 heavy (non-hydrogen) atoms. The maximum atomic E-state index is 9.41. The topological polar surface area (TPSA) is 33.0 Å². The van der Waals surface area contributed by atoms with Gasteiger partial charge in [-0.3, -0.25) is 0 Å². The minimum absolute atomic E-state index is 0.458. The molecule has 0 N–H and O–H groups in total. The Hall–Kier alpha value is -3.05. The van der Waals surface area contributed by atoms with Crippen molar-refractivity contribution in [2.75, 3.05) is 0 Å². The van der Waals surface area contributed by atoms with Crippen LogP contribution in [0.4, 0.5) is 0 Å². The molecule has 0 atom stereocenters. The van der Waals surface area contributed by atoms with Crippen molar-refractivity contribution >= 4 is 0 Å². The summed E-state index contributed by atoms with van der Waals surface area (Å²) in [4.78, 5) is 0. The highest BCUT2D eigenvalue weighted by Crippen LogP contribution is 2.27. The van der Waals surface area contributed by atoms with Crippen molar-refractivity contribution < 1.29 is 4.74 Å². The third kappa shape index (κ3) is 3.59. The summed E-state index contributed by atoms with van der Waals surface area (Å²) < 4.78 is 5.81. The fourth-order valence-electron chi connectivity index (χ4n) is 2.48. The summed E-state index contributed by atoms with van der Waals surface area (Å²) in [7, 11) is 0. The van der Waals surface area contributed by atoms with Gasteiger partial charge in [0.25, 0.3) is 0 Å². The Balaban J connectivity index is 1.84. The number of rotatable bonds is 4. The molecule has 0 bridgehead atoms. The average Bonchev–Trinajstić information content (AvgIpc) is 2.60. The van der Waals surface area contributed by atoms with Crippen LogP contribution in [0, 0.1) is 18.3 Å². The summed E-state index contributed by atoms with van der Waals surface area (Å²) in [6.45, 7) is 2.52. The highest BCUT2D eigenvalue weighted by molar-refractivity contribution is 5.67. The quantitative estimate of drug-likeness (QED) is 0.670. The van der Waals surface area contributed by atoms with Gasteiger partial charge in [0, 0.05) is 0 Å². The van der Waals surface area contributed by atoms with Gasteiger partial charge in [-0.05, 0) is 35.7 Å².